The van der Waals surface area contributed by atoms with E-state index in [4.69, 9.17) is 0 Å². The predicted octanol–water partition coefficient (Wildman–Crippen LogP) is 19.5. The standard InChI is InChI=1S/C73H53N3/c1-5-21-52-46(3)47(4)53(22-6-2)61-43-50(37-40-54(52)61)76-67-34-18-13-27-57(67)59-41-38-51(45-71(59)76)74(49-39-42-69-62(44-49)58-28-14-19-35-68(58)75(69)48-23-8-7-9-24-48)70-36-20-33-66-72(70)60-29-12-17-32-65(60)73(66)63-30-15-10-25-55(63)56-26-11-16-31-64(56)73/h5-45H,1-4H3/b21-5-,22-6-. The number of rotatable bonds is 7. The fourth-order valence-electron chi connectivity index (χ4n) is 13.8. The van der Waals surface area contributed by atoms with Gasteiger partial charge in [0.15, 0.2) is 0 Å². The summed E-state index contributed by atoms with van der Waals surface area (Å²) in [7, 11) is 0. The van der Waals surface area contributed by atoms with E-state index in [-0.39, 0.29) is 0 Å². The van der Waals surface area contributed by atoms with Gasteiger partial charge in [0.05, 0.1) is 33.2 Å². The second-order valence-electron chi connectivity index (χ2n) is 20.7. The zero-order chi connectivity index (χ0) is 50.8. The number of anilines is 3. The molecule has 360 valence electrons. The van der Waals surface area contributed by atoms with E-state index in [0.717, 1.165) is 34.0 Å². The molecule has 0 bridgehead atoms. The van der Waals surface area contributed by atoms with Crippen LogP contribution in [-0.2, 0) is 5.41 Å². The third-order valence-electron chi connectivity index (χ3n) is 17.0. The lowest BCUT2D eigenvalue weighted by molar-refractivity contribution is 0.794. The summed E-state index contributed by atoms with van der Waals surface area (Å²) in [6, 6.07) is 84.4. The van der Waals surface area contributed by atoms with Gasteiger partial charge in [0, 0.05) is 49.9 Å². The van der Waals surface area contributed by atoms with Crippen molar-refractivity contribution in [2.75, 3.05) is 4.90 Å². The second-order valence-corrected chi connectivity index (χ2v) is 20.7. The molecule has 76 heavy (non-hydrogen) atoms. The van der Waals surface area contributed by atoms with Gasteiger partial charge in [0.1, 0.15) is 0 Å². The fraction of sp³-hybridized carbons (Fsp3) is 0.0685. The van der Waals surface area contributed by atoms with Gasteiger partial charge in [0.2, 0.25) is 0 Å². The summed E-state index contributed by atoms with van der Waals surface area (Å²) >= 11 is 0. The molecule has 0 N–H and O–H groups in total. The van der Waals surface area contributed by atoms with Crippen LogP contribution in [0.2, 0.25) is 0 Å². The Labute approximate surface area is 443 Å². The van der Waals surface area contributed by atoms with Gasteiger partial charge >= 0.3 is 0 Å². The molecule has 13 aromatic rings. The Morgan fingerprint density at radius 2 is 0.855 bits per heavy atom. The number of para-hydroxylation sites is 3. The molecule has 2 heterocycles. The minimum atomic E-state index is -0.490. The van der Waals surface area contributed by atoms with Crippen molar-refractivity contribution in [1.29, 1.82) is 0 Å². The van der Waals surface area contributed by atoms with Gasteiger partial charge < -0.3 is 14.0 Å². The number of allylic oxidation sites excluding steroid dienone is 2. The average Bonchev–Trinajstić information content (AvgIpc) is 4.22. The van der Waals surface area contributed by atoms with E-state index in [1.807, 2.05) is 0 Å². The van der Waals surface area contributed by atoms with E-state index in [9.17, 15) is 0 Å². The SMILES string of the molecule is C/C=C\c1c(C)c(C)c(/C=C\C)c2cc(-n3c4ccccc4c4ccc(N(c5ccc6c(c5)c5ccccc5n6-c5ccccc5)c5cccc6c5-c5ccccc5C65c6ccccc6-c6ccccc65)cc43)ccc12. The van der Waals surface area contributed by atoms with E-state index >= 15 is 0 Å². The monoisotopic (exact) mass is 971 g/mol. The molecule has 2 aromatic heterocycles. The number of hydrogen-bond acceptors (Lipinski definition) is 1. The number of fused-ring (bicyclic) bond motifs is 17. The Hall–Kier alpha value is -9.44. The van der Waals surface area contributed by atoms with Crippen molar-refractivity contribution in [2.24, 2.45) is 0 Å². The Morgan fingerprint density at radius 3 is 1.54 bits per heavy atom. The highest BCUT2D eigenvalue weighted by atomic mass is 15.1. The number of benzene rings is 11. The molecule has 15 rings (SSSR count). The van der Waals surface area contributed by atoms with Gasteiger partial charge in [-0.2, -0.15) is 0 Å². The van der Waals surface area contributed by atoms with Crippen LogP contribution < -0.4 is 4.90 Å². The molecule has 0 saturated heterocycles. The minimum Gasteiger partial charge on any atom is -0.310 e. The maximum Gasteiger partial charge on any atom is 0.0726 e. The molecule has 0 fully saturated rings. The largest absolute Gasteiger partial charge is 0.310 e. The third-order valence-corrected chi connectivity index (χ3v) is 17.0. The van der Waals surface area contributed by atoms with E-state index in [0.29, 0.717) is 0 Å². The minimum absolute atomic E-state index is 0.490. The normalized spacial score (nSPS) is 13.3. The molecule has 2 aliphatic rings. The fourth-order valence-corrected chi connectivity index (χ4v) is 13.8. The molecular weight excluding hydrogens is 919 g/mol. The highest BCUT2D eigenvalue weighted by molar-refractivity contribution is 6.13. The zero-order valence-corrected chi connectivity index (χ0v) is 43.0. The van der Waals surface area contributed by atoms with Crippen molar-refractivity contribution in [3.8, 4) is 33.6 Å². The summed E-state index contributed by atoms with van der Waals surface area (Å²) in [6.45, 7) is 8.76. The Morgan fingerprint density at radius 1 is 0.355 bits per heavy atom. The van der Waals surface area contributed by atoms with Crippen LogP contribution >= 0.6 is 0 Å². The van der Waals surface area contributed by atoms with E-state index in [2.05, 4.69) is 290 Å². The summed E-state index contributed by atoms with van der Waals surface area (Å²) in [4.78, 5) is 2.55. The van der Waals surface area contributed by atoms with Crippen LogP contribution in [-0.4, -0.2) is 9.13 Å². The highest BCUT2D eigenvalue weighted by Gasteiger charge is 2.52. The lowest BCUT2D eigenvalue weighted by atomic mass is 9.70. The molecule has 0 atom stereocenters. The second kappa shape index (κ2) is 16.8. The van der Waals surface area contributed by atoms with Crippen molar-refractivity contribution in [2.45, 2.75) is 33.1 Å². The van der Waals surface area contributed by atoms with E-state index < -0.39 is 5.41 Å². The van der Waals surface area contributed by atoms with Gasteiger partial charge in [-0.1, -0.05) is 176 Å². The number of nitrogens with zero attached hydrogens (tertiary/aromatic N) is 3. The quantitative estimate of drug-likeness (QED) is 0.155. The van der Waals surface area contributed by atoms with E-state index in [1.165, 1.54) is 116 Å². The Bertz CT molecular complexity index is 4590. The zero-order valence-electron chi connectivity index (χ0n) is 43.0. The van der Waals surface area contributed by atoms with E-state index in [1.54, 1.807) is 0 Å². The first-order valence-corrected chi connectivity index (χ1v) is 26.7. The van der Waals surface area contributed by atoms with Crippen molar-refractivity contribution in [3.63, 3.8) is 0 Å². The maximum absolute atomic E-state index is 2.55. The predicted molar refractivity (Wildman–Crippen MR) is 322 cm³/mol. The number of hydrogen-bond donors (Lipinski definition) is 0. The van der Waals surface area contributed by atoms with Gasteiger partial charge in [-0.15, -0.1) is 0 Å². The van der Waals surface area contributed by atoms with Gasteiger partial charge in [-0.25, -0.2) is 0 Å². The van der Waals surface area contributed by atoms with Crippen molar-refractivity contribution < 1.29 is 0 Å². The Balaban J connectivity index is 1.03. The van der Waals surface area contributed by atoms with Crippen LogP contribution in [0.1, 0.15) is 58.4 Å². The van der Waals surface area contributed by atoms with Crippen LogP contribution in [0.4, 0.5) is 17.1 Å². The summed E-state index contributed by atoms with van der Waals surface area (Å²) in [6.07, 6.45) is 8.89. The Kier molecular flexibility index (Phi) is 9.74. The molecule has 3 nitrogen and oxygen atoms in total. The maximum atomic E-state index is 2.55. The third kappa shape index (κ3) is 6.00. The molecule has 0 aliphatic heterocycles. The smallest absolute Gasteiger partial charge is 0.0726 e. The summed E-state index contributed by atoms with van der Waals surface area (Å²) in [5.41, 5.74) is 25.4. The van der Waals surface area contributed by atoms with Crippen LogP contribution in [0.3, 0.4) is 0 Å². The van der Waals surface area contributed by atoms with Crippen molar-refractivity contribution in [1.82, 2.24) is 9.13 Å². The molecular formula is C73H53N3. The van der Waals surface area contributed by atoms with Crippen molar-refractivity contribution in [3.05, 3.63) is 281 Å². The van der Waals surface area contributed by atoms with Crippen LogP contribution in [0, 0.1) is 13.8 Å². The molecule has 0 unspecified atom stereocenters. The first kappa shape index (κ1) is 44.1. The van der Waals surface area contributed by atoms with Gasteiger partial charge in [0.25, 0.3) is 0 Å². The summed E-state index contributed by atoms with van der Waals surface area (Å²) in [5, 5.41) is 7.38. The molecule has 11 aromatic carbocycles. The lowest BCUT2D eigenvalue weighted by Gasteiger charge is -2.32. The van der Waals surface area contributed by atoms with Crippen LogP contribution in [0.5, 0.6) is 0 Å². The highest BCUT2D eigenvalue weighted by Crippen LogP contribution is 2.65. The van der Waals surface area contributed by atoms with Crippen LogP contribution in [0.25, 0.3) is 100 Å². The molecule has 0 saturated carbocycles. The molecule has 2 aliphatic carbocycles. The topological polar surface area (TPSA) is 13.1 Å². The molecule has 1 spiro atoms. The summed E-state index contributed by atoms with van der Waals surface area (Å²) < 4.78 is 4.91. The number of aromatic nitrogens is 2. The lowest BCUT2D eigenvalue weighted by Crippen LogP contribution is -2.26. The summed E-state index contributed by atoms with van der Waals surface area (Å²) in [5.74, 6) is 0. The molecule has 0 amide bonds. The van der Waals surface area contributed by atoms with Crippen LogP contribution in [0.15, 0.2) is 237 Å². The average molecular weight is 972 g/mol. The first-order chi connectivity index (χ1) is 37.5. The van der Waals surface area contributed by atoms with Crippen molar-refractivity contribution >= 4 is 83.6 Å². The first-order valence-electron chi connectivity index (χ1n) is 26.7. The molecule has 3 heteroatoms. The van der Waals surface area contributed by atoms with Gasteiger partial charge in [-0.3, -0.25) is 0 Å². The molecule has 0 radical (unpaired) electrons. The van der Waals surface area contributed by atoms with Gasteiger partial charge in [-0.05, 0) is 172 Å².